The van der Waals surface area contributed by atoms with E-state index in [2.05, 4.69) is 0 Å². The molecule has 0 bridgehead atoms. The van der Waals surface area contributed by atoms with Crippen LogP contribution < -0.4 is 0 Å². The van der Waals surface area contributed by atoms with Crippen LogP contribution in [-0.4, -0.2) is 13.0 Å². The standard InChI is InChI=1S/C6H6O3S.Hg/c7-10(8,9)6-4-2-1-3-5-6;/h1-5H,(H,7,8,9);/q;+1/p-1. The number of benzene rings is 1. The first-order valence-electron chi connectivity index (χ1n) is 2.61. The molecule has 0 heterocycles. The minimum Gasteiger partial charge on any atom is -0.744 e. The van der Waals surface area contributed by atoms with Crippen LogP contribution in [-0.2, 0) is 37.8 Å². The minimum atomic E-state index is -4.25. The van der Waals surface area contributed by atoms with Crippen molar-refractivity contribution >= 4 is 10.1 Å². The van der Waals surface area contributed by atoms with Gasteiger partial charge in [-0.3, -0.25) is 0 Å². The fraction of sp³-hybridized carbons (Fsp3) is 0. The average Bonchev–Trinajstić information content (AvgIpc) is 1.88. The predicted molar refractivity (Wildman–Crippen MR) is 34.4 cm³/mol. The molecule has 0 N–H and O–H groups in total. The van der Waals surface area contributed by atoms with Crippen LogP contribution >= 0.6 is 0 Å². The second-order valence-corrected chi connectivity index (χ2v) is 3.15. The van der Waals surface area contributed by atoms with Gasteiger partial charge in [-0.25, -0.2) is 8.42 Å². The van der Waals surface area contributed by atoms with Gasteiger partial charge in [-0.2, -0.15) is 0 Å². The third-order valence-corrected chi connectivity index (χ3v) is 1.88. The summed E-state index contributed by atoms with van der Waals surface area (Å²) in [5.41, 5.74) is 0. The SMILES string of the molecule is O=S(=O)([O-])c1ccccc1.[Hg+]. The minimum absolute atomic E-state index is 0. The fourth-order valence-electron chi connectivity index (χ4n) is 0.587. The fourth-order valence-corrected chi connectivity index (χ4v) is 1.08. The van der Waals surface area contributed by atoms with Crippen LogP contribution in [0, 0.1) is 0 Å². The molecule has 1 aromatic rings. The van der Waals surface area contributed by atoms with E-state index in [1.54, 1.807) is 6.07 Å². The van der Waals surface area contributed by atoms with Crippen LogP contribution in [0.2, 0.25) is 0 Å². The topological polar surface area (TPSA) is 57.2 Å². The Bertz CT molecular complexity index is 306. The van der Waals surface area contributed by atoms with Crippen LogP contribution in [0.4, 0.5) is 0 Å². The Morgan fingerprint density at radius 2 is 1.55 bits per heavy atom. The molecule has 0 saturated heterocycles. The zero-order chi connectivity index (χ0) is 7.61. The van der Waals surface area contributed by atoms with Gasteiger partial charge in [0.05, 0.1) is 4.90 Å². The van der Waals surface area contributed by atoms with Crippen molar-refractivity contribution in [2.24, 2.45) is 0 Å². The van der Waals surface area contributed by atoms with Gasteiger partial charge >= 0.3 is 27.7 Å². The van der Waals surface area contributed by atoms with E-state index in [-0.39, 0.29) is 32.6 Å². The molecule has 0 aliphatic heterocycles. The van der Waals surface area contributed by atoms with Gasteiger partial charge in [0.2, 0.25) is 0 Å². The molecule has 1 aromatic carbocycles. The van der Waals surface area contributed by atoms with Gasteiger partial charge in [0, 0.05) is 0 Å². The monoisotopic (exact) mass is 359 g/mol. The number of rotatable bonds is 1. The number of hydrogen-bond donors (Lipinski definition) is 0. The Morgan fingerprint density at radius 1 is 1.09 bits per heavy atom. The van der Waals surface area contributed by atoms with Crippen molar-refractivity contribution in [2.75, 3.05) is 0 Å². The Hall–Kier alpha value is 0.0651. The maximum absolute atomic E-state index is 10.3. The van der Waals surface area contributed by atoms with E-state index < -0.39 is 10.1 Å². The molecule has 0 atom stereocenters. The van der Waals surface area contributed by atoms with Gasteiger partial charge in [-0.1, -0.05) is 18.2 Å². The molecule has 55 valence electrons. The molecule has 0 saturated carbocycles. The van der Waals surface area contributed by atoms with Crippen LogP contribution in [0.1, 0.15) is 0 Å². The molecule has 5 heteroatoms. The summed E-state index contributed by atoms with van der Waals surface area (Å²) >= 11 is 0. The van der Waals surface area contributed by atoms with E-state index in [0.29, 0.717) is 0 Å². The van der Waals surface area contributed by atoms with Gasteiger partial charge < -0.3 is 4.55 Å². The molecule has 0 aliphatic rings. The summed E-state index contributed by atoms with van der Waals surface area (Å²) in [6.45, 7) is 0. The molecule has 3 nitrogen and oxygen atoms in total. The Kier molecular flexibility index (Phi) is 4.21. The molecule has 1 radical (unpaired) electrons. The first-order chi connectivity index (χ1) is 4.61. The zero-order valence-corrected chi connectivity index (χ0v) is 12.0. The molecular weight excluding hydrogens is 353 g/mol. The molecule has 0 aromatic heterocycles. The molecular formula is C6H5HgO3S. The summed E-state index contributed by atoms with van der Waals surface area (Å²) in [7, 11) is -4.25. The third-order valence-electron chi connectivity index (χ3n) is 1.03. The van der Waals surface area contributed by atoms with Crippen molar-refractivity contribution in [3.05, 3.63) is 30.3 Å². The Labute approximate surface area is 85.7 Å². The van der Waals surface area contributed by atoms with Crippen molar-refractivity contribution in [1.29, 1.82) is 0 Å². The van der Waals surface area contributed by atoms with E-state index in [4.69, 9.17) is 0 Å². The maximum atomic E-state index is 10.3. The average molecular weight is 358 g/mol. The molecule has 0 spiro atoms. The van der Waals surface area contributed by atoms with Crippen molar-refractivity contribution in [3.63, 3.8) is 0 Å². The Balaban J connectivity index is 0.000001000. The van der Waals surface area contributed by atoms with Crippen molar-refractivity contribution in [3.8, 4) is 0 Å². The molecule has 11 heavy (non-hydrogen) atoms. The number of hydrogen-bond acceptors (Lipinski definition) is 3. The van der Waals surface area contributed by atoms with Gasteiger partial charge in [0.1, 0.15) is 10.1 Å². The van der Waals surface area contributed by atoms with Crippen LogP contribution in [0.3, 0.4) is 0 Å². The summed E-state index contributed by atoms with van der Waals surface area (Å²) in [4.78, 5) is -0.185. The third kappa shape index (κ3) is 3.31. The first-order valence-corrected chi connectivity index (χ1v) is 4.02. The molecule has 0 aliphatic carbocycles. The van der Waals surface area contributed by atoms with Crippen LogP contribution in [0.25, 0.3) is 0 Å². The van der Waals surface area contributed by atoms with E-state index in [0.717, 1.165) is 0 Å². The van der Waals surface area contributed by atoms with Gasteiger partial charge in [0.15, 0.2) is 0 Å². The normalized spacial score (nSPS) is 10.3. The molecule has 0 amide bonds. The van der Waals surface area contributed by atoms with E-state index in [9.17, 15) is 13.0 Å². The summed E-state index contributed by atoms with van der Waals surface area (Å²) in [6, 6.07) is 7.19. The van der Waals surface area contributed by atoms with Crippen molar-refractivity contribution in [2.45, 2.75) is 4.90 Å². The van der Waals surface area contributed by atoms with Crippen LogP contribution in [0.15, 0.2) is 35.2 Å². The quantitative estimate of drug-likeness (QED) is 0.546. The summed E-state index contributed by atoms with van der Waals surface area (Å²) < 4.78 is 30.8. The summed E-state index contributed by atoms with van der Waals surface area (Å²) in [5.74, 6) is 0. The second kappa shape index (κ2) is 4.18. The van der Waals surface area contributed by atoms with Crippen LogP contribution in [0.5, 0.6) is 0 Å². The molecule has 1 rings (SSSR count). The zero-order valence-electron chi connectivity index (χ0n) is 5.73. The van der Waals surface area contributed by atoms with Crippen molar-refractivity contribution in [1.82, 2.24) is 0 Å². The maximum Gasteiger partial charge on any atom is 1.00 e. The van der Waals surface area contributed by atoms with E-state index in [1.165, 1.54) is 24.3 Å². The predicted octanol–water partition coefficient (Wildman–Crippen LogP) is 0.588. The summed E-state index contributed by atoms with van der Waals surface area (Å²) in [5, 5.41) is 0. The first kappa shape index (κ1) is 11.1. The Morgan fingerprint density at radius 3 is 1.82 bits per heavy atom. The van der Waals surface area contributed by atoms with Gasteiger partial charge in [-0.15, -0.1) is 0 Å². The van der Waals surface area contributed by atoms with Gasteiger partial charge in [0.25, 0.3) is 0 Å². The smallest absolute Gasteiger partial charge is 0.744 e. The molecule has 0 unspecified atom stereocenters. The van der Waals surface area contributed by atoms with Crippen molar-refractivity contribution < 1.29 is 40.6 Å². The van der Waals surface area contributed by atoms with Gasteiger partial charge in [-0.05, 0) is 12.1 Å². The largest absolute Gasteiger partial charge is 1.00 e. The summed E-state index contributed by atoms with van der Waals surface area (Å²) in [6.07, 6.45) is 0. The second-order valence-electron chi connectivity index (χ2n) is 1.77. The molecule has 0 fully saturated rings. The van der Waals surface area contributed by atoms with E-state index >= 15 is 0 Å². The van der Waals surface area contributed by atoms with E-state index in [1.807, 2.05) is 0 Å².